The number of nitrogens with zero attached hydrogens (tertiary/aromatic N) is 1. The average Bonchev–Trinajstić information content (AvgIpc) is 2.86. The van der Waals surface area contributed by atoms with E-state index in [4.69, 9.17) is 0 Å². The van der Waals surface area contributed by atoms with Crippen LogP contribution in [-0.4, -0.2) is 5.54 Å². The molecular formula is C14H17FN2. The molecule has 0 spiro atoms. The summed E-state index contributed by atoms with van der Waals surface area (Å²) in [7, 11) is 0. The van der Waals surface area contributed by atoms with Crippen LogP contribution >= 0.6 is 0 Å². The number of rotatable bonds is 3. The van der Waals surface area contributed by atoms with Crippen molar-refractivity contribution in [1.82, 2.24) is 0 Å². The molecule has 1 aliphatic carbocycles. The van der Waals surface area contributed by atoms with Crippen LogP contribution in [0.25, 0.3) is 0 Å². The van der Waals surface area contributed by atoms with Gasteiger partial charge in [-0.2, -0.15) is 5.26 Å². The Morgan fingerprint density at radius 3 is 2.41 bits per heavy atom. The first-order valence-corrected chi connectivity index (χ1v) is 6.09. The lowest BCUT2D eigenvalue weighted by Crippen LogP contribution is -2.40. The van der Waals surface area contributed by atoms with Gasteiger partial charge in [0, 0.05) is 5.69 Å². The van der Waals surface area contributed by atoms with Crippen LogP contribution in [-0.2, 0) is 0 Å². The molecule has 1 saturated carbocycles. The van der Waals surface area contributed by atoms with E-state index < -0.39 is 5.54 Å². The smallest absolute Gasteiger partial charge is 0.125 e. The molecule has 0 aliphatic heterocycles. The summed E-state index contributed by atoms with van der Waals surface area (Å²) in [5.74, 6) is 0.132. The lowest BCUT2D eigenvalue weighted by molar-refractivity contribution is 0.404. The summed E-state index contributed by atoms with van der Waals surface area (Å²) in [4.78, 5) is 0. The second-order valence-electron chi connectivity index (χ2n) is 4.93. The number of hydrogen-bond acceptors (Lipinski definition) is 2. The number of halogens is 1. The third-order valence-corrected chi connectivity index (χ3v) is 3.65. The third-order valence-electron chi connectivity index (χ3n) is 3.65. The maximum atomic E-state index is 12.8. The standard InChI is InChI=1S/C14H17FN2/c1-14(10-16,11-4-2-3-5-11)17-13-8-6-12(15)7-9-13/h6-9,11,17H,2-5H2,1H3. The lowest BCUT2D eigenvalue weighted by atomic mass is 9.85. The molecule has 1 aliphatic rings. The van der Waals surface area contributed by atoms with E-state index in [1.165, 1.54) is 25.0 Å². The second-order valence-corrected chi connectivity index (χ2v) is 4.93. The summed E-state index contributed by atoms with van der Waals surface area (Å²) in [6, 6.07) is 8.56. The molecule has 0 bridgehead atoms. The van der Waals surface area contributed by atoms with Crippen LogP contribution in [0.15, 0.2) is 24.3 Å². The van der Waals surface area contributed by atoms with Crippen molar-refractivity contribution in [2.45, 2.75) is 38.1 Å². The first-order valence-electron chi connectivity index (χ1n) is 6.09. The van der Waals surface area contributed by atoms with Gasteiger partial charge in [-0.05, 0) is 49.9 Å². The summed E-state index contributed by atoms with van der Waals surface area (Å²) in [6.07, 6.45) is 4.59. The van der Waals surface area contributed by atoms with Crippen molar-refractivity contribution in [1.29, 1.82) is 5.26 Å². The highest BCUT2D eigenvalue weighted by Gasteiger charge is 2.36. The van der Waals surface area contributed by atoms with Crippen LogP contribution < -0.4 is 5.32 Å². The van der Waals surface area contributed by atoms with Gasteiger partial charge in [-0.1, -0.05) is 12.8 Å². The van der Waals surface area contributed by atoms with Crippen LogP contribution in [0.3, 0.4) is 0 Å². The fourth-order valence-corrected chi connectivity index (χ4v) is 2.56. The van der Waals surface area contributed by atoms with Crippen molar-refractivity contribution in [3.63, 3.8) is 0 Å². The minimum Gasteiger partial charge on any atom is -0.367 e. The minimum absolute atomic E-state index is 0.255. The van der Waals surface area contributed by atoms with Gasteiger partial charge in [-0.15, -0.1) is 0 Å². The highest BCUT2D eigenvalue weighted by Crippen LogP contribution is 2.35. The topological polar surface area (TPSA) is 35.8 Å². The van der Waals surface area contributed by atoms with E-state index in [9.17, 15) is 9.65 Å². The van der Waals surface area contributed by atoms with Gasteiger partial charge in [0.2, 0.25) is 0 Å². The van der Waals surface area contributed by atoms with Crippen molar-refractivity contribution < 1.29 is 4.39 Å². The molecule has 1 fully saturated rings. The molecule has 1 unspecified atom stereocenters. The van der Waals surface area contributed by atoms with Gasteiger partial charge in [-0.25, -0.2) is 4.39 Å². The second kappa shape index (κ2) is 4.75. The van der Waals surface area contributed by atoms with Crippen LogP contribution in [0, 0.1) is 23.1 Å². The van der Waals surface area contributed by atoms with Gasteiger partial charge in [0.25, 0.3) is 0 Å². The first kappa shape index (κ1) is 11.9. The number of anilines is 1. The molecule has 0 amide bonds. The molecule has 2 nitrogen and oxygen atoms in total. The molecule has 1 N–H and O–H groups in total. The Morgan fingerprint density at radius 1 is 1.29 bits per heavy atom. The van der Waals surface area contributed by atoms with E-state index in [2.05, 4.69) is 11.4 Å². The Morgan fingerprint density at radius 2 is 1.88 bits per heavy atom. The zero-order valence-electron chi connectivity index (χ0n) is 10.0. The molecule has 17 heavy (non-hydrogen) atoms. The molecule has 0 radical (unpaired) electrons. The van der Waals surface area contributed by atoms with E-state index in [0.29, 0.717) is 5.92 Å². The van der Waals surface area contributed by atoms with Gasteiger partial charge in [0.1, 0.15) is 11.4 Å². The van der Waals surface area contributed by atoms with Gasteiger partial charge in [-0.3, -0.25) is 0 Å². The Hall–Kier alpha value is -1.56. The Kier molecular flexibility index (Phi) is 3.33. The largest absolute Gasteiger partial charge is 0.367 e. The van der Waals surface area contributed by atoms with E-state index in [-0.39, 0.29) is 5.82 Å². The first-order chi connectivity index (χ1) is 8.14. The van der Waals surface area contributed by atoms with E-state index in [0.717, 1.165) is 18.5 Å². The summed E-state index contributed by atoms with van der Waals surface area (Å²) in [5, 5.41) is 12.6. The zero-order valence-corrected chi connectivity index (χ0v) is 10.0. The van der Waals surface area contributed by atoms with E-state index in [1.54, 1.807) is 12.1 Å². The van der Waals surface area contributed by atoms with E-state index >= 15 is 0 Å². The lowest BCUT2D eigenvalue weighted by Gasteiger charge is -2.30. The maximum Gasteiger partial charge on any atom is 0.125 e. The molecule has 1 aromatic carbocycles. The average molecular weight is 232 g/mol. The summed E-state index contributed by atoms with van der Waals surface area (Å²) in [6.45, 7) is 1.94. The fraction of sp³-hybridized carbons (Fsp3) is 0.500. The monoisotopic (exact) mass is 232 g/mol. The normalized spacial score (nSPS) is 19.6. The molecule has 90 valence electrons. The minimum atomic E-state index is -0.547. The number of hydrogen-bond donors (Lipinski definition) is 1. The molecule has 2 rings (SSSR count). The molecule has 0 heterocycles. The van der Waals surface area contributed by atoms with Crippen LogP contribution in [0.1, 0.15) is 32.6 Å². The summed E-state index contributed by atoms with van der Waals surface area (Å²) >= 11 is 0. The van der Waals surface area contributed by atoms with Gasteiger partial charge >= 0.3 is 0 Å². The molecular weight excluding hydrogens is 215 g/mol. The molecule has 0 saturated heterocycles. The Bertz CT molecular complexity index is 415. The highest BCUT2D eigenvalue weighted by molar-refractivity contribution is 5.47. The maximum absolute atomic E-state index is 12.8. The van der Waals surface area contributed by atoms with Gasteiger partial charge in [0.05, 0.1) is 6.07 Å². The Labute approximate surface area is 101 Å². The molecule has 3 heteroatoms. The SMILES string of the molecule is CC(C#N)(Nc1ccc(F)cc1)C1CCCC1. The van der Waals surface area contributed by atoms with Crippen molar-refractivity contribution in [2.24, 2.45) is 5.92 Å². The molecule has 1 atom stereocenters. The summed E-state index contributed by atoms with van der Waals surface area (Å²) < 4.78 is 12.8. The predicted molar refractivity (Wildman–Crippen MR) is 66.0 cm³/mol. The molecule has 1 aromatic rings. The van der Waals surface area contributed by atoms with E-state index in [1.807, 2.05) is 6.92 Å². The molecule has 0 aromatic heterocycles. The third kappa shape index (κ3) is 2.58. The van der Waals surface area contributed by atoms with Crippen LogP contribution in [0.5, 0.6) is 0 Å². The Balaban J connectivity index is 2.14. The number of nitriles is 1. The summed E-state index contributed by atoms with van der Waals surface area (Å²) in [5.41, 5.74) is 0.260. The van der Waals surface area contributed by atoms with Crippen molar-refractivity contribution >= 4 is 5.69 Å². The van der Waals surface area contributed by atoms with Gasteiger partial charge < -0.3 is 5.32 Å². The fourth-order valence-electron chi connectivity index (χ4n) is 2.56. The van der Waals surface area contributed by atoms with Crippen molar-refractivity contribution in [3.8, 4) is 6.07 Å². The van der Waals surface area contributed by atoms with Crippen LogP contribution in [0.4, 0.5) is 10.1 Å². The number of benzene rings is 1. The quantitative estimate of drug-likeness (QED) is 0.862. The van der Waals surface area contributed by atoms with Gasteiger partial charge in [0.15, 0.2) is 0 Å². The zero-order chi connectivity index (χ0) is 12.3. The number of nitrogens with one attached hydrogen (secondary N) is 1. The van der Waals surface area contributed by atoms with Crippen LogP contribution in [0.2, 0.25) is 0 Å². The highest BCUT2D eigenvalue weighted by atomic mass is 19.1. The van der Waals surface area contributed by atoms with Crippen molar-refractivity contribution in [2.75, 3.05) is 5.32 Å². The van der Waals surface area contributed by atoms with Crippen molar-refractivity contribution in [3.05, 3.63) is 30.1 Å². The predicted octanol–water partition coefficient (Wildman–Crippen LogP) is 3.71.